The molecule has 26 heavy (non-hydrogen) atoms. The van der Waals surface area contributed by atoms with Crippen LogP contribution in [0.1, 0.15) is 49.9 Å². The monoisotopic (exact) mass is 508 g/mol. The molecular formula is C18H29IN4OS2. The van der Waals surface area contributed by atoms with Gasteiger partial charge in [0.2, 0.25) is 0 Å². The Morgan fingerprint density at radius 1 is 1.35 bits per heavy atom. The number of aliphatic hydroxyl groups is 1. The van der Waals surface area contributed by atoms with Crippen LogP contribution in [0, 0.1) is 0 Å². The molecule has 1 atom stereocenters. The van der Waals surface area contributed by atoms with Crippen molar-refractivity contribution in [3.8, 4) is 0 Å². The maximum absolute atomic E-state index is 10.6. The molecule has 0 saturated heterocycles. The SMILES string of the molecule is CCNC(=NCC(C)(O)c1ccsc1)NCCc1csc(C(C)C)n1.I. The van der Waals surface area contributed by atoms with Gasteiger partial charge < -0.3 is 15.7 Å². The fourth-order valence-electron chi connectivity index (χ4n) is 2.25. The molecule has 2 heterocycles. The molecule has 1 unspecified atom stereocenters. The molecule has 146 valence electrons. The van der Waals surface area contributed by atoms with Crippen LogP contribution < -0.4 is 10.6 Å². The molecule has 0 fully saturated rings. The molecule has 5 nitrogen and oxygen atoms in total. The fourth-order valence-corrected chi connectivity index (χ4v) is 3.90. The molecule has 0 saturated carbocycles. The summed E-state index contributed by atoms with van der Waals surface area (Å²) in [6, 6.07) is 1.94. The zero-order chi connectivity index (χ0) is 18.3. The molecule has 0 amide bonds. The van der Waals surface area contributed by atoms with Crippen LogP contribution in [0.2, 0.25) is 0 Å². The van der Waals surface area contributed by atoms with Crippen LogP contribution in [-0.2, 0) is 12.0 Å². The zero-order valence-corrected chi connectivity index (χ0v) is 19.7. The second-order valence-corrected chi connectivity index (χ2v) is 8.16. The summed E-state index contributed by atoms with van der Waals surface area (Å²) in [4.78, 5) is 9.19. The van der Waals surface area contributed by atoms with Gasteiger partial charge in [-0.2, -0.15) is 11.3 Å². The van der Waals surface area contributed by atoms with Gasteiger partial charge in [-0.05, 0) is 36.2 Å². The number of rotatable bonds is 8. The highest BCUT2D eigenvalue weighted by Crippen LogP contribution is 2.23. The van der Waals surface area contributed by atoms with Gasteiger partial charge in [0.1, 0.15) is 5.60 Å². The Bertz CT molecular complexity index is 669. The summed E-state index contributed by atoms with van der Waals surface area (Å²) in [6.45, 7) is 10.0. The van der Waals surface area contributed by atoms with E-state index in [0.29, 0.717) is 12.5 Å². The molecule has 8 heteroatoms. The van der Waals surface area contributed by atoms with Crippen molar-refractivity contribution in [3.63, 3.8) is 0 Å². The third-order valence-corrected chi connectivity index (χ3v) is 5.65. The molecule has 0 radical (unpaired) electrons. The second kappa shape index (κ2) is 11.2. The van der Waals surface area contributed by atoms with Gasteiger partial charge >= 0.3 is 0 Å². The van der Waals surface area contributed by atoms with Crippen LogP contribution in [-0.4, -0.2) is 35.7 Å². The zero-order valence-electron chi connectivity index (χ0n) is 15.8. The van der Waals surface area contributed by atoms with E-state index in [1.165, 1.54) is 5.01 Å². The molecule has 0 aliphatic carbocycles. The van der Waals surface area contributed by atoms with E-state index < -0.39 is 5.60 Å². The highest BCUT2D eigenvalue weighted by Gasteiger charge is 2.23. The van der Waals surface area contributed by atoms with Crippen molar-refractivity contribution < 1.29 is 5.11 Å². The third-order valence-electron chi connectivity index (χ3n) is 3.77. The van der Waals surface area contributed by atoms with Crippen LogP contribution >= 0.6 is 46.7 Å². The molecule has 2 aromatic heterocycles. The Balaban J connectivity index is 0.00000338. The van der Waals surface area contributed by atoms with Crippen molar-refractivity contribution in [1.82, 2.24) is 15.6 Å². The smallest absolute Gasteiger partial charge is 0.191 e. The van der Waals surface area contributed by atoms with E-state index in [2.05, 4.69) is 39.8 Å². The molecule has 3 N–H and O–H groups in total. The largest absolute Gasteiger partial charge is 0.383 e. The normalized spacial score (nSPS) is 14.0. The highest BCUT2D eigenvalue weighted by atomic mass is 127. The van der Waals surface area contributed by atoms with E-state index in [4.69, 9.17) is 0 Å². The Morgan fingerprint density at radius 2 is 2.12 bits per heavy atom. The predicted octanol–water partition coefficient (Wildman–Crippen LogP) is 3.95. The van der Waals surface area contributed by atoms with Crippen LogP contribution in [0.5, 0.6) is 0 Å². The molecule has 0 spiro atoms. The number of hydrogen-bond acceptors (Lipinski definition) is 5. The minimum Gasteiger partial charge on any atom is -0.383 e. The quantitative estimate of drug-likeness (QED) is 0.287. The van der Waals surface area contributed by atoms with Crippen molar-refractivity contribution in [1.29, 1.82) is 0 Å². The van der Waals surface area contributed by atoms with Crippen LogP contribution in [0.15, 0.2) is 27.2 Å². The number of hydrogen-bond donors (Lipinski definition) is 3. The number of halogens is 1. The van der Waals surface area contributed by atoms with Crippen molar-refractivity contribution in [2.75, 3.05) is 19.6 Å². The number of aromatic nitrogens is 1. The Hall–Kier alpha value is -0.710. The Labute approximate surface area is 181 Å². The molecule has 0 aromatic carbocycles. The van der Waals surface area contributed by atoms with Crippen molar-refractivity contribution in [3.05, 3.63) is 38.5 Å². The molecule has 0 aliphatic heterocycles. The van der Waals surface area contributed by atoms with E-state index in [0.717, 1.165) is 36.7 Å². The van der Waals surface area contributed by atoms with Crippen LogP contribution in [0.4, 0.5) is 0 Å². The van der Waals surface area contributed by atoms with E-state index in [-0.39, 0.29) is 24.0 Å². The minimum atomic E-state index is -0.955. The summed E-state index contributed by atoms with van der Waals surface area (Å²) in [5.74, 6) is 1.20. The van der Waals surface area contributed by atoms with Crippen molar-refractivity contribution >= 4 is 52.6 Å². The predicted molar refractivity (Wildman–Crippen MR) is 123 cm³/mol. The van der Waals surface area contributed by atoms with Crippen molar-refractivity contribution in [2.24, 2.45) is 4.99 Å². The van der Waals surface area contributed by atoms with Gasteiger partial charge in [0.25, 0.3) is 0 Å². The topological polar surface area (TPSA) is 69.5 Å². The summed E-state index contributed by atoms with van der Waals surface area (Å²) < 4.78 is 0. The summed E-state index contributed by atoms with van der Waals surface area (Å²) in [5.41, 5.74) is 1.06. The van der Waals surface area contributed by atoms with Gasteiger partial charge in [0.15, 0.2) is 5.96 Å². The lowest BCUT2D eigenvalue weighted by atomic mass is 10.00. The highest BCUT2D eigenvalue weighted by molar-refractivity contribution is 14.0. The summed E-state index contributed by atoms with van der Waals surface area (Å²) in [5, 5.41) is 24.4. The maximum Gasteiger partial charge on any atom is 0.191 e. The lowest BCUT2D eigenvalue weighted by Gasteiger charge is -2.21. The third kappa shape index (κ3) is 7.13. The molecule has 0 aliphatic rings. The molecular weight excluding hydrogens is 479 g/mol. The lowest BCUT2D eigenvalue weighted by Crippen LogP contribution is -2.39. The first-order valence-corrected chi connectivity index (χ1v) is 10.5. The maximum atomic E-state index is 10.6. The number of nitrogens with one attached hydrogen (secondary N) is 2. The minimum absolute atomic E-state index is 0. The van der Waals surface area contributed by atoms with Gasteiger partial charge in [-0.25, -0.2) is 9.98 Å². The van der Waals surface area contributed by atoms with Crippen LogP contribution in [0.3, 0.4) is 0 Å². The number of aliphatic imine (C=N–C) groups is 1. The number of thiophene rings is 1. The van der Waals surface area contributed by atoms with E-state index in [1.54, 1.807) is 29.6 Å². The number of nitrogens with zero attached hydrogens (tertiary/aromatic N) is 2. The Kier molecular flexibility index (Phi) is 10.1. The number of guanidine groups is 1. The average molecular weight is 508 g/mol. The van der Waals surface area contributed by atoms with Crippen LogP contribution in [0.25, 0.3) is 0 Å². The van der Waals surface area contributed by atoms with Gasteiger partial charge in [-0.1, -0.05) is 13.8 Å². The first-order chi connectivity index (χ1) is 11.9. The summed E-state index contributed by atoms with van der Waals surface area (Å²) in [6.07, 6.45) is 0.856. The summed E-state index contributed by atoms with van der Waals surface area (Å²) >= 11 is 3.30. The van der Waals surface area contributed by atoms with Gasteiger partial charge in [-0.3, -0.25) is 0 Å². The average Bonchev–Trinajstić information content (AvgIpc) is 3.24. The number of thiazole rings is 1. The molecule has 2 aromatic rings. The standard InChI is InChI=1S/C18H28N4OS2.HI/c1-5-19-17(21-12-18(4,23)14-7-9-24-10-14)20-8-6-15-11-25-16(22-15)13(2)3;/h7,9-11,13,23H,5-6,8,12H2,1-4H3,(H2,19,20,21);1H. The second-order valence-electron chi connectivity index (χ2n) is 6.49. The van der Waals surface area contributed by atoms with Crippen molar-refractivity contribution in [2.45, 2.75) is 45.6 Å². The van der Waals surface area contributed by atoms with E-state index in [1.807, 2.05) is 23.8 Å². The summed E-state index contributed by atoms with van der Waals surface area (Å²) in [7, 11) is 0. The first-order valence-electron chi connectivity index (χ1n) is 8.64. The fraction of sp³-hybridized carbons (Fsp3) is 0.556. The van der Waals surface area contributed by atoms with E-state index >= 15 is 0 Å². The lowest BCUT2D eigenvalue weighted by molar-refractivity contribution is 0.0677. The van der Waals surface area contributed by atoms with Gasteiger partial charge in [0.05, 0.1) is 17.2 Å². The molecule has 0 bridgehead atoms. The van der Waals surface area contributed by atoms with Gasteiger partial charge in [0, 0.05) is 30.8 Å². The molecule has 2 rings (SSSR count). The van der Waals surface area contributed by atoms with E-state index in [9.17, 15) is 5.11 Å². The Morgan fingerprint density at radius 3 is 2.69 bits per heavy atom. The van der Waals surface area contributed by atoms with Gasteiger partial charge in [-0.15, -0.1) is 35.3 Å². The first kappa shape index (κ1) is 23.3.